The fourth-order valence-corrected chi connectivity index (χ4v) is 2.22. The highest BCUT2D eigenvalue weighted by atomic mass is 35.5. The molecule has 16 heavy (non-hydrogen) atoms. The van der Waals surface area contributed by atoms with E-state index in [2.05, 4.69) is 12.1 Å². The zero-order valence-electron chi connectivity index (χ0n) is 9.82. The quantitative estimate of drug-likeness (QED) is 0.532. The van der Waals surface area contributed by atoms with Gasteiger partial charge in [0.15, 0.2) is 0 Å². The van der Waals surface area contributed by atoms with Crippen molar-refractivity contribution in [1.29, 1.82) is 0 Å². The molecule has 0 aliphatic rings. The van der Waals surface area contributed by atoms with E-state index in [9.17, 15) is 4.91 Å². The van der Waals surface area contributed by atoms with Crippen molar-refractivity contribution in [2.24, 2.45) is 5.18 Å². The largest absolute Gasteiger partial charge is 0.151 e. The third kappa shape index (κ3) is 3.60. The molecule has 2 nitrogen and oxygen atoms in total. The van der Waals surface area contributed by atoms with Crippen LogP contribution in [0, 0.1) is 4.91 Å². The molecule has 0 aromatic heterocycles. The van der Waals surface area contributed by atoms with Gasteiger partial charge in [0, 0.05) is 0 Å². The van der Waals surface area contributed by atoms with Gasteiger partial charge in [-0.3, -0.25) is 0 Å². The number of halogens is 1. The maximum Gasteiger partial charge on any atom is 0.0932 e. The van der Waals surface area contributed by atoms with Crippen LogP contribution >= 0.6 is 11.6 Å². The number of benzene rings is 1. The van der Waals surface area contributed by atoms with E-state index < -0.39 is 0 Å². The van der Waals surface area contributed by atoms with Gasteiger partial charge in [0.2, 0.25) is 0 Å². The topological polar surface area (TPSA) is 29.4 Å². The van der Waals surface area contributed by atoms with Crippen LogP contribution in [0.1, 0.15) is 43.2 Å². The molecule has 1 aromatic carbocycles. The molecule has 0 bridgehead atoms. The minimum absolute atomic E-state index is 0.0417. The van der Waals surface area contributed by atoms with Gasteiger partial charge in [0.05, 0.1) is 11.4 Å². The molecule has 0 spiro atoms. The van der Waals surface area contributed by atoms with Crippen LogP contribution in [0.15, 0.2) is 29.4 Å². The van der Waals surface area contributed by atoms with E-state index in [1.165, 1.54) is 0 Å². The van der Waals surface area contributed by atoms with Gasteiger partial charge in [-0.05, 0) is 30.9 Å². The van der Waals surface area contributed by atoms with E-state index in [1.807, 2.05) is 31.2 Å². The second kappa shape index (κ2) is 6.64. The standard InChI is InChI=1S/C13H18ClNO/c1-3-6-13(14)12-8-5-4-7-11(12)9-10(2)15-16/h4-5,7-8,10,13H,3,6,9H2,1-2H3. The third-order valence-electron chi connectivity index (χ3n) is 2.63. The summed E-state index contributed by atoms with van der Waals surface area (Å²) in [4.78, 5) is 10.4. The first-order valence-electron chi connectivity index (χ1n) is 5.73. The first kappa shape index (κ1) is 13.2. The maximum absolute atomic E-state index is 10.4. The average Bonchev–Trinajstić information content (AvgIpc) is 2.30. The Morgan fingerprint density at radius 3 is 2.69 bits per heavy atom. The molecule has 1 rings (SSSR count). The molecule has 0 saturated carbocycles. The van der Waals surface area contributed by atoms with Crippen LogP contribution in [-0.4, -0.2) is 6.04 Å². The molecule has 0 saturated heterocycles. The smallest absolute Gasteiger partial charge is 0.0932 e. The van der Waals surface area contributed by atoms with E-state index >= 15 is 0 Å². The van der Waals surface area contributed by atoms with Crippen LogP contribution in [-0.2, 0) is 6.42 Å². The normalized spacial score (nSPS) is 14.4. The number of nitroso groups, excluding NO2 is 1. The van der Waals surface area contributed by atoms with Gasteiger partial charge in [-0.25, -0.2) is 0 Å². The summed E-state index contributed by atoms with van der Waals surface area (Å²) in [7, 11) is 0. The average molecular weight is 240 g/mol. The monoisotopic (exact) mass is 239 g/mol. The summed E-state index contributed by atoms with van der Waals surface area (Å²) in [6.45, 7) is 3.94. The van der Waals surface area contributed by atoms with E-state index in [-0.39, 0.29) is 11.4 Å². The summed E-state index contributed by atoms with van der Waals surface area (Å²) < 4.78 is 0. The second-order valence-corrected chi connectivity index (χ2v) is 4.64. The fraction of sp³-hybridized carbons (Fsp3) is 0.538. The van der Waals surface area contributed by atoms with Crippen LogP contribution in [0.5, 0.6) is 0 Å². The lowest BCUT2D eigenvalue weighted by molar-refractivity contribution is 0.711. The Kier molecular flexibility index (Phi) is 5.47. The van der Waals surface area contributed by atoms with E-state index in [0.29, 0.717) is 6.42 Å². The van der Waals surface area contributed by atoms with Crippen molar-refractivity contribution in [2.45, 2.75) is 44.5 Å². The zero-order chi connectivity index (χ0) is 12.0. The Bertz CT molecular complexity index is 340. The lowest BCUT2D eigenvalue weighted by Crippen LogP contribution is -2.06. The van der Waals surface area contributed by atoms with Crippen molar-refractivity contribution in [2.75, 3.05) is 0 Å². The molecule has 2 atom stereocenters. The summed E-state index contributed by atoms with van der Waals surface area (Å²) in [6.07, 6.45) is 2.69. The van der Waals surface area contributed by atoms with Crippen molar-refractivity contribution in [3.05, 3.63) is 40.3 Å². The lowest BCUT2D eigenvalue weighted by atomic mass is 9.97. The van der Waals surface area contributed by atoms with Crippen molar-refractivity contribution in [3.8, 4) is 0 Å². The van der Waals surface area contributed by atoms with Gasteiger partial charge in [-0.2, -0.15) is 4.91 Å². The SMILES string of the molecule is CCCC(Cl)c1ccccc1CC(C)N=O. The van der Waals surface area contributed by atoms with Gasteiger partial charge in [-0.15, -0.1) is 11.6 Å². The molecule has 0 N–H and O–H groups in total. The van der Waals surface area contributed by atoms with Crippen LogP contribution < -0.4 is 0 Å². The molecular weight excluding hydrogens is 222 g/mol. The highest BCUT2D eigenvalue weighted by Gasteiger charge is 2.13. The van der Waals surface area contributed by atoms with Crippen LogP contribution in [0.2, 0.25) is 0 Å². The third-order valence-corrected chi connectivity index (χ3v) is 3.08. The molecule has 88 valence electrons. The van der Waals surface area contributed by atoms with E-state index in [0.717, 1.165) is 24.0 Å². The van der Waals surface area contributed by atoms with Crippen molar-refractivity contribution < 1.29 is 0 Å². The number of rotatable bonds is 6. The van der Waals surface area contributed by atoms with Crippen LogP contribution in [0.3, 0.4) is 0 Å². The van der Waals surface area contributed by atoms with Gasteiger partial charge in [0.25, 0.3) is 0 Å². The van der Waals surface area contributed by atoms with Crippen LogP contribution in [0.4, 0.5) is 0 Å². The molecule has 0 fully saturated rings. The number of nitrogens with zero attached hydrogens (tertiary/aromatic N) is 1. The first-order valence-corrected chi connectivity index (χ1v) is 6.17. The molecule has 0 aliphatic carbocycles. The van der Waals surface area contributed by atoms with Gasteiger partial charge in [0.1, 0.15) is 0 Å². The highest BCUT2D eigenvalue weighted by Crippen LogP contribution is 2.29. The van der Waals surface area contributed by atoms with E-state index in [4.69, 9.17) is 11.6 Å². The molecule has 0 radical (unpaired) electrons. The Morgan fingerprint density at radius 2 is 2.06 bits per heavy atom. The number of alkyl halides is 1. The predicted octanol–water partition coefficient (Wildman–Crippen LogP) is 4.46. The lowest BCUT2D eigenvalue weighted by Gasteiger charge is -2.14. The summed E-state index contributed by atoms with van der Waals surface area (Å²) >= 11 is 6.33. The Labute approximate surface area is 102 Å². The minimum atomic E-state index is -0.188. The highest BCUT2D eigenvalue weighted by molar-refractivity contribution is 6.20. The molecular formula is C13H18ClNO. The summed E-state index contributed by atoms with van der Waals surface area (Å²) in [6, 6.07) is 7.85. The molecule has 2 unspecified atom stereocenters. The Morgan fingerprint density at radius 1 is 1.38 bits per heavy atom. The van der Waals surface area contributed by atoms with Crippen LogP contribution in [0.25, 0.3) is 0 Å². The minimum Gasteiger partial charge on any atom is -0.151 e. The van der Waals surface area contributed by atoms with Gasteiger partial charge < -0.3 is 0 Å². The summed E-state index contributed by atoms with van der Waals surface area (Å²) in [5.74, 6) is 0. The van der Waals surface area contributed by atoms with Crippen molar-refractivity contribution in [1.82, 2.24) is 0 Å². The predicted molar refractivity (Wildman–Crippen MR) is 68.9 cm³/mol. The fourth-order valence-electron chi connectivity index (χ4n) is 1.79. The molecule has 0 heterocycles. The van der Waals surface area contributed by atoms with Crippen molar-refractivity contribution >= 4 is 11.6 Å². The molecule has 3 heteroatoms. The van der Waals surface area contributed by atoms with Crippen molar-refractivity contribution in [3.63, 3.8) is 0 Å². The summed E-state index contributed by atoms with van der Waals surface area (Å²) in [5.41, 5.74) is 2.28. The maximum atomic E-state index is 10.4. The molecule has 1 aromatic rings. The number of hydrogen-bond acceptors (Lipinski definition) is 2. The Balaban J connectivity index is 2.86. The molecule has 0 aliphatic heterocycles. The van der Waals surface area contributed by atoms with Gasteiger partial charge in [-0.1, -0.05) is 42.8 Å². The molecule has 0 amide bonds. The zero-order valence-corrected chi connectivity index (χ0v) is 10.6. The number of hydrogen-bond donors (Lipinski definition) is 0. The van der Waals surface area contributed by atoms with E-state index in [1.54, 1.807) is 0 Å². The Hall–Kier alpha value is -0.890. The summed E-state index contributed by atoms with van der Waals surface area (Å²) in [5, 5.41) is 3.08. The first-order chi connectivity index (χ1) is 7.69. The second-order valence-electron chi connectivity index (χ2n) is 4.11. The van der Waals surface area contributed by atoms with Gasteiger partial charge >= 0.3 is 0 Å².